The van der Waals surface area contributed by atoms with E-state index in [4.69, 9.17) is 16.7 Å². The molecule has 1 unspecified atom stereocenters. The minimum Gasteiger partial charge on any atom is -0.396 e. The van der Waals surface area contributed by atoms with Crippen LogP contribution in [0.15, 0.2) is 18.2 Å². The highest BCUT2D eigenvalue weighted by Crippen LogP contribution is 2.23. The molecular formula is C14H18ClFN2O2. The van der Waals surface area contributed by atoms with E-state index in [0.717, 1.165) is 25.9 Å². The van der Waals surface area contributed by atoms with Gasteiger partial charge in [-0.3, -0.25) is 9.69 Å². The molecule has 0 radical (unpaired) electrons. The van der Waals surface area contributed by atoms with Crippen molar-refractivity contribution in [3.8, 4) is 0 Å². The zero-order valence-corrected chi connectivity index (χ0v) is 11.9. The molecule has 2 N–H and O–H groups in total. The van der Waals surface area contributed by atoms with Gasteiger partial charge < -0.3 is 10.4 Å². The van der Waals surface area contributed by atoms with Crippen molar-refractivity contribution in [2.45, 2.75) is 12.8 Å². The van der Waals surface area contributed by atoms with Crippen molar-refractivity contribution in [2.24, 2.45) is 5.92 Å². The van der Waals surface area contributed by atoms with Gasteiger partial charge in [-0.2, -0.15) is 0 Å². The number of halogens is 2. The van der Waals surface area contributed by atoms with Crippen molar-refractivity contribution >= 4 is 23.2 Å². The second-order valence-corrected chi connectivity index (χ2v) is 5.48. The summed E-state index contributed by atoms with van der Waals surface area (Å²) < 4.78 is 12.9. The molecule has 1 heterocycles. The van der Waals surface area contributed by atoms with Gasteiger partial charge in [0, 0.05) is 13.2 Å². The third-order valence-electron chi connectivity index (χ3n) is 3.48. The summed E-state index contributed by atoms with van der Waals surface area (Å²) in [4.78, 5) is 14.0. The van der Waals surface area contributed by atoms with Crippen molar-refractivity contribution < 1.29 is 14.3 Å². The standard InChI is InChI=1S/C14H18ClFN2O2/c15-12-7-11(16)1-2-13(12)17-14(20)9-18-5-3-10(8-18)4-6-19/h1-2,7,10,19H,3-6,8-9H2,(H,17,20). The molecule has 1 aromatic carbocycles. The smallest absolute Gasteiger partial charge is 0.238 e. The van der Waals surface area contributed by atoms with Crippen molar-refractivity contribution in [2.75, 3.05) is 31.6 Å². The first-order chi connectivity index (χ1) is 9.58. The van der Waals surface area contributed by atoms with Gasteiger partial charge in [0.05, 0.1) is 17.3 Å². The fourth-order valence-electron chi connectivity index (χ4n) is 2.46. The highest BCUT2D eigenvalue weighted by molar-refractivity contribution is 6.33. The third kappa shape index (κ3) is 4.16. The summed E-state index contributed by atoms with van der Waals surface area (Å²) in [5.41, 5.74) is 0.421. The van der Waals surface area contributed by atoms with Crippen LogP contribution in [0.25, 0.3) is 0 Å². The summed E-state index contributed by atoms with van der Waals surface area (Å²) in [6.45, 7) is 2.16. The zero-order chi connectivity index (χ0) is 14.5. The minimum atomic E-state index is -0.431. The van der Waals surface area contributed by atoms with Gasteiger partial charge >= 0.3 is 0 Å². The van der Waals surface area contributed by atoms with E-state index >= 15 is 0 Å². The number of carbonyl (C=O) groups is 1. The maximum Gasteiger partial charge on any atom is 0.238 e. The number of carbonyl (C=O) groups excluding carboxylic acids is 1. The fourth-order valence-corrected chi connectivity index (χ4v) is 2.67. The van der Waals surface area contributed by atoms with Gasteiger partial charge in [-0.05, 0) is 43.5 Å². The van der Waals surface area contributed by atoms with Crippen molar-refractivity contribution in [3.05, 3.63) is 29.0 Å². The number of likely N-dealkylation sites (tertiary alicyclic amines) is 1. The third-order valence-corrected chi connectivity index (χ3v) is 3.79. The van der Waals surface area contributed by atoms with Crippen molar-refractivity contribution in [1.82, 2.24) is 4.90 Å². The number of nitrogens with zero attached hydrogens (tertiary/aromatic N) is 1. The number of nitrogens with one attached hydrogen (secondary N) is 1. The van der Waals surface area contributed by atoms with E-state index in [2.05, 4.69) is 5.32 Å². The zero-order valence-electron chi connectivity index (χ0n) is 11.1. The summed E-state index contributed by atoms with van der Waals surface area (Å²) in [5.74, 6) is -0.134. The van der Waals surface area contributed by atoms with Crippen molar-refractivity contribution in [1.29, 1.82) is 0 Å². The number of anilines is 1. The topological polar surface area (TPSA) is 52.6 Å². The van der Waals surface area contributed by atoms with Crippen LogP contribution in [0.4, 0.5) is 10.1 Å². The number of aliphatic hydroxyl groups is 1. The van der Waals surface area contributed by atoms with Gasteiger partial charge in [-0.15, -0.1) is 0 Å². The Morgan fingerprint density at radius 1 is 1.55 bits per heavy atom. The van der Waals surface area contributed by atoms with Gasteiger partial charge in [-0.1, -0.05) is 11.6 Å². The van der Waals surface area contributed by atoms with Crippen LogP contribution in [0.2, 0.25) is 5.02 Å². The molecule has 110 valence electrons. The molecule has 0 bridgehead atoms. The number of aliphatic hydroxyl groups excluding tert-OH is 1. The van der Waals surface area contributed by atoms with E-state index in [0.29, 0.717) is 11.6 Å². The predicted molar refractivity (Wildman–Crippen MR) is 76.3 cm³/mol. The molecule has 0 spiro atoms. The van der Waals surface area contributed by atoms with E-state index < -0.39 is 5.82 Å². The Balaban J connectivity index is 1.84. The van der Waals surface area contributed by atoms with Crippen LogP contribution in [0.1, 0.15) is 12.8 Å². The SMILES string of the molecule is O=C(CN1CCC(CCO)C1)Nc1ccc(F)cc1Cl. The molecular weight excluding hydrogens is 283 g/mol. The van der Waals surface area contributed by atoms with Gasteiger partial charge in [0.2, 0.25) is 5.91 Å². The maximum atomic E-state index is 12.9. The summed E-state index contributed by atoms with van der Waals surface area (Å²) >= 11 is 5.86. The van der Waals surface area contributed by atoms with Crippen LogP contribution in [0, 0.1) is 11.7 Å². The fraction of sp³-hybridized carbons (Fsp3) is 0.500. The Hall–Kier alpha value is -1.17. The van der Waals surface area contributed by atoms with E-state index in [1.807, 2.05) is 4.90 Å². The van der Waals surface area contributed by atoms with E-state index in [1.165, 1.54) is 18.2 Å². The lowest BCUT2D eigenvalue weighted by Gasteiger charge is -2.15. The Morgan fingerprint density at radius 3 is 3.05 bits per heavy atom. The van der Waals surface area contributed by atoms with Crippen LogP contribution in [0.5, 0.6) is 0 Å². The molecule has 1 aliphatic heterocycles. The summed E-state index contributed by atoms with van der Waals surface area (Å²) in [6, 6.07) is 3.88. The molecule has 2 rings (SSSR count). The predicted octanol–water partition coefficient (Wildman–Crippen LogP) is 2.12. The largest absolute Gasteiger partial charge is 0.396 e. The average Bonchev–Trinajstić information content (AvgIpc) is 2.81. The molecule has 1 aromatic rings. The lowest BCUT2D eigenvalue weighted by molar-refractivity contribution is -0.117. The highest BCUT2D eigenvalue weighted by Gasteiger charge is 2.23. The van der Waals surface area contributed by atoms with Gasteiger partial charge in [0.15, 0.2) is 0 Å². The van der Waals surface area contributed by atoms with E-state index in [9.17, 15) is 9.18 Å². The molecule has 0 aromatic heterocycles. The lowest BCUT2D eigenvalue weighted by Crippen LogP contribution is -2.31. The summed E-state index contributed by atoms with van der Waals surface area (Å²) in [5, 5.41) is 11.8. The van der Waals surface area contributed by atoms with Crippen LogP contribution in [-0.4, -0.2) is 42.2 Å². The van der Waals surface area contributed by atoms with Crippen LogP contribution < -0.4 is 5.32 Å². The van der Waals surface area contributed by atoms with Crippen LogP contribution in [0.3, 0.4) is 0 Å². The average molecular weight is 301 g/mol. The number of rotatable bonds is 5. The Bertz CT molecular complexity index is 484. The first-order valence-electron chi connectivity index (χ1n) is 6.66. The number of hydrogen-bond donors (Lipinski definition) is 2. The van der Waals surface area contributed by atoms with Crippen LogP contribution >= 0.6 is 11.6 Å². The maximum absolute atomic E-state index is 12.9. The molecule has 20 heavy (non-hydrogen) atoms. The van der Waals surface area contributed by atoms with Gasteiger partial charge in [0.1, 0.15) is 5.82 Å². The first-order valence-corrected chi connectivity index (χ1v) is 7.04. The Kier molecular flexibility index (Phi) is 5.34. The lowest BCUT2D eigenvalue weighted by atomic mass is 10.1. The minimum absolute atomic E-state index is 0.164. The molecule has 0 saturated carbocycles. The van der Waals surface area contributed by atoms with Gasteiger partial charge in [-0.25, -0.2) is 4.39 Å². The quantitative estimate of drug-likeness (QED) is 0.876. The second-order valence-electron chi connectivity index (χ2n) is 5.07. The Morgan fingerprint density at radius 2 is 2.35 bits per heavy atom. The normalized spacial score (nSPS) is 19.2. The van der Waals surface area contributed by atoms with E-state index in [-0.39, 0.29) is 24.1 Å². The van der Waals surface area contributed by atoms with Gasteiger partial charge in [0.25, 0.3) is 0 Å². The molecule has 1 amide bonds. The second kappa shape index (κ2) is 7.02. The van der Waals surface area contributed by atoms with Crippen molar-refractivity contribution in [3.63, 3.8) is 0 Å². The van der Waals surface area contributed by atoms with E-state index in [1.54, 1.807) is 0 Å². The molecule has 1 fully saturated rings. The van der Waals surface area contributed by atoms with Crippen LogP contribution in [-0.2, 0) is 4.79 Å². The monoisotopic (exact) mass is 300 g/mol. The molecule has 1 aliphatic rings. The summed E-state index contributed by atoms with van der Waals surface area (Å²) in [7, 11) is 0. The molecule has 0 aliphatic carbocycles. The summed E-state index contributed by atoms with van der Waals surface area (Å²) in [6.07, 6.45) is 1.78. The Labute approximate surface area is 122 Å². The highest BCUT2D eigenvalue weighted by atomic mass is 35.5. The number of amides is 1. The molecule has 6 heteroatoms. The first kappa shape index (κ1) is 15.2. The number of benzene rings is 1. The molecule has 4 nitrogen and oxygen atoms in total. The number of hydrogen-bond acceptors (Lipinski definition) is 3. The molecule has 1 atom stereocenters. The molecule has 1 saturated heterocycles.